The third-order valence-corrected chi connectivity index (χ3v) is 7.89. The lowest BCUT2D eigenvalue weighted by molar-refractivity contribution is -0.121. The van der Waals surface area contributed by atoms with Crippen molar-refractivity contribution in [1.29, 1.82) is 0 Å². The molecule has 2 aliphatic rings. The number of amides is 1. The summed E-state index contributed by atoms with van der Waals surface area (Å²) in [5.74, 6) is 0.421. The number of rotatable bonds is 4. The van der Waals surface area contributed by atoms with Gasteiger partial charge in [0.25, 0.3) is 11.5 Å². The first-order valence-electron chi connectivity index (χ1n) is 11.4. The average molecular weight is 526 g/mol. The summed E-state index contributed by atoms with van der Waals surface area (Å²) in [5, 5.41) is 0.705. The van der Waals surface area contributed by atoms with Crippen molar-refractivity contribution in [2.24, 2.45) is 0 Å². The molecule has 0 unspecified atom stereocenters. The predicted octanol–water partition coefficient (Wildman–Crippen LogP) is 4.20. The van der Waals surface area contributed by atoms with E-state index in [1.54, 1.807) is 21.6 Å². The molecule has 4 heterocycles. The fraction of sp³-hybridized carbons (Fsp3) is 0.280. The summed E-state index contributed by atoms with van der Waals surface area (Å²) in [6.07, 6.45) is 3.38. The van der Waals surface area contributed by atoms with Crippen molar-refractivity contribution in [3.63, 3.8) is 0 Å². The standard InChI is InChI=1S/C25H24ClN5O2S2/c1-3-30-24(33)20(35-25(30)34)15-19-22(27-21-16(2)6-5-9-31(21)23(19)32)29-12-10-28(11-13-29)18-8-4-7-17(26)14-18/h4-9,14-15H,3,10-13H2,1-2H3/b20-15+. The maximum atomic E-state index is 13.7. The van der Waals surface area contributed by atoms with Crippen LogP contribution in [0.2, 0.25) is 5.02 Å². The van der Waals surface area contributed by atoms with Crippen molar-refractivity contribution in [3.8, 4) is 0 Å². The number of nitrogens with zero attached hydrogens (tertiary/aromatic N) is 5. The molecule has 0 spiro atoms. The molecule has 0 saturated carbocycles. The maximum Gasteiger partial charge on any atom is 0.267 e. The first-order valence-corrected chi connectivity index (χ1v) is 13.0. The van der Waals surface area contributed by atoms with Crippen LogP contribution in [0.25, 0.3) is 11.7 Å². The zero-order valence-electron chi connectivity index (χ0n) is 19.4. The highest BCUT2D eigenvalue weighted by Gasteiger charge is 2.32. The Bertz CT molecular complexity index is 1430. The van der Waals surface area contributed by atoms with E-state index in [9.17, 15) is 9.59 Å². The van der Waals surface area contributed by atoms with Crippen LogP contribution in [0.15, 0.2) is 52.3 Å². The number of aromatic nitrogens is 2. The number of piperazine rings is 1. The fourth-order valence-corrected chi connectivity index (χ4v) is 5.97. The molecule has 2 aromatic heterocycles. The number of halogens is 1. The minimum absolute atomic E-state index is 0.173. The van der Waals surface area contributed by atoms with E-state index < -0.39 is 0 Å². The smallest absolute Gasteiger partial charge is 0.267 e. The molecule has 0 atom stereocenters. The second kappa shape index (κ2) is 9.64. The van der Waals surface area contributed by atoms with E-state index in [0.29, 0.717) is 50.9 Å². The topological polar surface area (TPSA) is 61.2 Å². The number of hydrogen-bond donors (Lipinski definition) is 0. The first kappa shape index (κ1) is 23.8. The second-order valence-electron chi connectivity index (χ2n) is 8.42. The molecule has 2 fully saturated rings. The summed E-state index contributed by atoms with van der Waals surface area (Å²) in [6, 6.07) is 11.6. The largest absolute Gasteiger partial charge is 0.368 e. The minimum atomic E-state index is -0.201. The summed E-state index contributed by atoms with van der Waals surface area (Å²) >= 11 is 12.8. The van der Waals surface area contributed by atoms with Crippen molar-refractivity contribution >= 4 is 69.0 Å². The summed E-state index contributed by atoms with van der Waals surface area (Å²) < 4.78 is 2.05. The molecular formula is C25H24ClN5O2S2. The maximum absolute atomic E-state index is 13.7. The van der Waals surface area contributed by atoms with Crippen LogP contribution in [0.4, 0.5) is 11.5 Å². The Balaban J connectivity index is 1.55. The van der Waals surface area contributed by atoms with E-state index in [1.807, 2.05) is 50.2 Å². The predicted molar refractivity (Wildman–Crippen MR) is 148 cm³/mol. The molecule has 3 aromatic rings. The van der Waals surface area contributed by atoms with Gasteiger partial charge in [-0.2, -0.15) is 0 Å². The zero-order chi connectivity index (χ0) is 24.7. The monoisotopic (exact) mass is 525 g/mol. The van der Waals surface area contributed by atoms with Crippen LogP contribution in [-0.2, 0) is 4.79 Å². The molecule has 10 heteroatoms. The molecule has 35 heavy (non-hydrogen) atoms. The Hall–Kier alpha value is -2.88. The number of thioether (sulfide) groups is 1. The summed E-state index contributed by atoms with van der Waals surface area (Å²) in [6.45, 7) is 7.19. The molecular weight excluding hydrogens is 502 g/mol. The number of carbonyl (C=O) groups is 1. The lowest BCUT2D eigenvalue weighted by atomic mass is 10.2. The highest BCUT2D eigenvalue weighted by atomic mass is 35.5. The zero-order valence-corrected chi connectivity index (χ0v) is 21.8. The van der Waals surface area contributed by atoms with Crippen LogP contribution >= 0.6 is 35.6 Å². The van der Waals surface area contributed by atoms with Gasteiger partial charge < -0.3 is 9.80 Å². The molecule has 0 N–H and O–H groups in total. The first-order chi connectivity index (χ1) is 16.9. The molecule has 5 rings (SSSR count). The number of likely N-dealkylation sites (N-methyl/N-ethyl adjacent to an activating group) is 1. The summed E-state index contributed by atoms with van der Waals surface area (Å²) in [7, 11) is 0. The fourth-order valence-electron chi connectivity index (χ4n) is 4.42. The van der Waals surface area contributed by atoms with Crippen LogP contribution < -0.4 is 15.4 Å². The third-order valence-electron chi connectivity index (χ3n) is 6.28. The number of carbonyl (C=O) groups excluding carboxylic acids is 1. The number of aryl methyl sites for hydroxylation is 1. The van der Waals surface area contributed by atoms with Gasteiger partial charge in [0.15, 0.2) is 0 Å². The van der Waals surface area contributed by atoms with Gasteiger partial charge in [-0.05, 0) is 49.8 Å². The van der Waals surface area contributed by atoms with E-state index in [-0.39, 0.29) is 11.5 Å². The normalized spacial score (nSPS) is 17.8. The number of benzene rings is 1. The molecule has 0 bridgehead atoms. The lowest BCUT2D eigenvalue weighted by Gasteiger charge is -2.37. The van der Waals surface area contributed by atoms with Crippen molar-refractivity contribution < 1.29 is 4.79 Å². The van der Waals surface area contributed by atoms with E-state index in [2.05, 4.69) is 9.80 Å². The Morgan fingerprint density at radius 1 is 1.11 bits per heavy atom. The van der Waals surface area contributed by atoms with Crippen LogP contribution in [0.1, 0.15) is 18.1 Å². The van der Waals surface area contributed by atoms with Crippen molar-refractivity contribution in [2.75, 3.05) is 42.5 Å². The van der Waals surface area contributed by atoms with Crippen molar-refractivity contribution in [1.82, 2.24) is 14.3 Å². The van der Waals surface area contributed by atoms with Gasteiger partial charge in [-0.1, -0.05) is 47.7 Å². The van der Waals surface area contributed by atoms with Gasteiger partial charge in [0.05, 0.1) is 10.5 Å². The summed E-state index contributed by atoms with van der Waals surface area (Å²) in [5.41, 5.74) is 2.80. The number of pyridine rings is 1. The van der Waals surface area contributed by atoms with E-state index in [0.717, 1.165) is 24.3 Å². The molecule has 1 amide bonds. The highest BCUT2D eigenvalue weighted by Crippen LogP contribution is 2.33. The molecule has 1 aromatic carbocycles. The number of thiocarbonyl (C=S) groups is 1. The molecule has 2 aliphatic heterocycles. The third kappa shape index (κ3) is 4.44. The van der Waals surface area contributed by atoms with E-state index >= 15 is 0 Å². The van der Waals surface area contributed by atoms with E-state index in [4.69, 9.17) is 28.8 Å². The van der Waals surface area contributed by atoms with Gasteiger partial charge in [0, 0.05) is 49.6 Å². The number of hydrogen-bond acceptors (Lipinski definition) is 7. The van der Waals surface area contributed by atoms with Crippen molar-refractivity contribution in [2.45, 2.75) is 13.8 Å². The number of anilines is 2. The minimum Gasteiger partial charge on any atom is -0.368 e. The number of fused-ring (bicyclic) bond motifs is 1. The second-order valence-corrected chi connectivity index (χ2v) is 10.5. The van der Waals surface area contributed by atoms with Gasteiger partial charge in [-0.3, -0.25) is 18.9 Å². The van der Waals surface area contributed by atoms with Gasteiger partial charge >= 0.3 is 0 Å². The quantitative estimate of drug-likeness (QED) is 0.373. The van der Waals surface area contributed by atoms with Gasteiger partial charge in [0.2, 0.25) is 0 Å². The Kier molecular flexibility index (Phi) is 6.57. The SMILES string of the molecule is CCN1C(=O)/C(=C\c2c(N3CCN(c4cccc(Cl)c4)CC3)nc3c(C)cccn3c2=O)SC1=S. The highest BCUT2D eigenvalue weighted by molar-refractivity contribution is 8.26. The molecule has 0 aliphatic carbocycles. The van der Waals surface area contributed by atoms with Crippen LogP contribution in [-0.4, -0.2) is 57.2 Å². The average Bonchev–Trinajstić information content (AvgIpc) is 3.13. The lowest BCUT2D eigenvalue weighted by Crippen LogP contribution is -2.47. The van der Waals surface area contributed by atoms with Crippen molar-refractivity contribution in [3.05, 3.63) is 74.0 Å². The molecule has 2 saturated heterocycles. The molecule has 0 radical (unpaired) electrons. The van der Waals surface area contributed by atoms with Gasteiger partial charge in [0.1, 0.15) is 15.8 Å². The van der Waals surface area contributed by atoms with Crippen LogP contribution in [0.3, 0.4) is 0 Å². The summed E-state index contributed by atoms with van der Waals surface area (Å²) in [4.78, 5) is 37.9. The Labute approximate surface area is 218 Å². The van der Waals surface area contributed by atoms with Crippen LogP contribution in [0, 0.1) is 6.92 Å². The van der Waals surface area contributed by atoms with Gasteiger partial charge in [-0.15, -0.1) is 0 Å². The van der Waals surface area contributed by atoms with Crippen LogP contribution in [0.5, 0.6) is 0 Å². The Morgan fingerprint density at radius 2 is 1.86 bits per heavy atom. The Morgan fingerprint density at radius 3 is 2.54 bits per heavy atom. The molecule has 180 valence electrons. The molecule has 7 nitrogen and oxygen atoms in total. The van der Waals surface area contributed by atoms with Gasteiger partial charge in [-0.25, -0.2) is 4.98 Å². The van der Waals surface area contributed by atoms with E-state index in [1.165, 1.54) is 11.8 Å².